The van der Waals surface area contributed by atoms with E-state index in [-0.39, 0.29) is 11.1 Å². The smallest absolute Gasteiger partial charge is 0.275 e. The van der Waals surface area contributed by atoms with Gasteiger partial charge in [-0.2, -0.15) is 0 Å². The van der Waals surface area contributed by atoms with Gasteiger partial charge in [0.05, 0.1) is 18.8 Å². The molecule has 0 bridgehead atoms. The third kappa shape index (κ3) is 3.12. The van der Waals surface area contributed by atoms with Gasteiger partial charge in [-0.25, -0.2) is 12.7 Å². The Morgan fingerprint density at radius 2 is 2.05 bits per heavy atom. The second-order valence-corrected chi connectivity index (χ2v) is 6.71. The van der Waals surface area contributed by atoms with Gasteiger partial charge in [0.2, 0.25) is 5.09 Å². The average Bonchev–Trinajstić information content (AvgIpc) is 3.07. The van der Waals surface area contributed by atoms with Crippen molar-refractivity contribution in [2.75, 3.05) is 14.1 Å². The molecule has 0 aromatic carbocycles. The predicted molar refractivity (Wildman–Crippen MR) is 73.5 cm³/mol. The Labute approximate surface area is 118 Å². The van der Waals surface area contributed by atoms with Crippen molar-refractivity contribution < 1.29 is 17.3 Å². The molecule has 2 aromatic rings. The maximum atomic E-state index is 11.9. The summed E-state index contributed by atoms with van der Waals surface area (Å²) < 4.78 is 35.5. The lowest BCUT2D eigenvalue weighted by Crippen LogP contribution is -2.21. The van der Waals surface area contributed by atoms with Crippen LogP contribution in [-0.4, -0.2) is 26.8 Å². The molecule has 0 aliphatic rings. The van der Waals surface area contributed by atoms with E-state index in [0.717, 1.165) is 10.1 Å². The molecular formula is C13H18N2O4S. The van der Waals surface area contributed by atoms with Crippen molar-refractivity contribution in [1.82, 2.24) is 9.62 Å². The lowest BCUT2D eigenvalue weighted by molar-refractivity contribution is 0.369. The zero-order chi connectivity index (χ0) is 14.8. The predicted octanol–water partition coefficient (Wildman–Crippen LogP) is 1.97. The van der Waals surface area contributed by atoms with Crippen LogP contribution >= 0.6 is 0 Å². The second kappa shape index (κ2) is 5.82. The molecule has 0 aliphatic carbocycles. The summed E-state index contributed by atoms with van der Waals surface area (Å²) in [4.78, 5) is 0. The van der Waals surface area contributed by atoms with E-state index in [1.807, 2.05) is 19.1 Å². The highest BCUT2D eigenvalue weighted by molar-refractivity contribution is 7.88. The topological polar surface area (TPSA) is 75.7 Å². The molecule has 2 heterocycles. The van der Waals surface area contributed by atoms with Crippen LogP contribution in [0.2, 0.25) is 0 Å². The number of hydrogen-bond acceptors (Lipinski definition) is 5. The summed E-state index contributed by atoms with van der Waals surface area (Å²) in [6.45, 7) is 2.38. The van der Waals surface area contributed by atoms with Crippen LogP contribution in [0.1, 0.15) is 24.5 Å². The van der Waals surface area contributed by atoms with E-state index >= 15 is 0 Å². The quantitative estimate of drug-likeness (QED) is 0.882. The molecule has 2 aromatic heterocycles. The number of nitrogens with zero attached hydrogens (tertiary/aromatic N) is 1. The van der Waals surface area contributed by atoms with E-state index in [2.05, 4.69) is 5.32 Å². The van der Waals surface area contributed by atoms with Gasteiger partial charge in [0, 0.05) is 14.1 Å². The standard InChI is InChI=1S/C13H18N2O4S/c1-10(12-5-4-8-18-12)14-9-11-6-7-13(19-11)20(16,17)15(2)3/h4-8,10,14H,9H2,1-3H3/t10-/m1/s1. The molecule has 1 atom stereocenters. The van der Waals surface area contributed by atoms with Crippen LogP contribution in [0, 0.1) is 0 Å². The minimum absolute atomic E-state index is 0.0176. The number of furan rings is 2. The molecule has 7 heteroatoms. The molecule has 0 saturated carbocycles. The van der Waals surface area contributed by atoms with Crippen LogP contribution in [0.3, 0.4) is 0 Å². The number of rotatable bonds is 6. The maximum absolute atomic E-state index is 11.9. The minimum Gasteiger partial charge on any atom is -0.468 e. The molecule has 110 valence electrons. The van der Waals surface area contributed by atoms with Gasteiger partial charge in [-0.15, -0.1) is 0 Å². The Morgan fingerprint density at radius 3 is 2.65 bits per heavy atom. The lowest BCUT2D eigenvalue weighted by Gasteiger charge is -2.10. The SMILES string of the molecule is C[C@@H](NCc1ccc(S(=O)(=O)N(C)C)o1)c1ccco1. The molecule has 6 nitrogen and oxygen atoms in total. The molecule has 0 saturated heterocycles. The first-order chi connectivity index (χ1) is 9.41. The monoisotopic (exact) mass is 298 g/mol. The van der Waals surface area contributed by atoms with Gasteiger partial charge >= 0.3 is 0 Å². The Hall–Kier alpha value is -1.57. The van der Waals surface area contributed by atoms with Crippen LogP contribution in [0.25, 0.3) is 0 Å². The summed E-state index contributed by atoms with van der Waals surface area (Å²) in [7, 11) is -0.583. The highest BCUT2D eigenvalue weighted by Gasteiger charge is 2.21. The Kier molecular flexibility index (Phi) is 4.32. The maximum Gasteiger partial charge on any atom is 0.275 e. The first-order valence-corrected chi connectivity index (χ1v) is 7.63. The van der Waals surface area contributed by atoms with Gasteiger partial charge in [-0.1, -0.05) is 0 Å². The van der Waals surface area contributed by atoms with Crippen LogP contribution in [0.5, 0.6) is 0 Å². The van der Waals surface area contributed by atoms with Crippen LogP contribution in [0.4, 0.5) is 0 Å². The fourth-order valence-corrected chi connectivity index (χ4v) is 2.48. The number of hydrogen-bond donors (Lipinski definition) is 1. The summed E-state index contributed by atoms with van der Waals surface area (Å²) in [5.41, 5.74) is 0. The van der Waals surface area contributed by atoms with Crippen molar-refractivity contribution in [3.8, 4) is 0 Å². The lowest BCUT2D eigenvalue weighted by atomic mass is 10.2. The summed E-state index contributed by atoms with van der Waals surface area (Å²) in [5.74, 6) is 1.38. The fraction of sp³-hybridized carbons (Fsp3) is 0.385. The number of nitrogens with one attached hydrogen (secondary N) is 1. The molecule has 0 aliphatic heterocycles. The average molecular weight is 298 g/mol. The molecule has 2 rings (SSSR count). The molecule has 0 amide bonds. The van der Waals surface area contributed by atoms with Crippen LogP contribution < -0.4 is 5.32 Å². The first-order valence-electron chi connectivity index (χ1n) is 6.19. The summed E-state index contributed by atoms with van der Waals surface area (Å²) in [5, 5.41) is 3.15. The highest BCUT2D eigenvalue weighted by atomic mass is 32.2. The van der Waals surface area contributed by atoms with Crippen molar-refractivity contribution in [1.29, 1.82) is 0 Å². The van der Waals surface area contributed by atoms with E-state index < -0.39 is 10.0 Å². The van der Waals surface area contributed by atoms with E-state index in [9.17, 15) is 8.42 Å². The van der Waals surface area contributed by atoms with Crippen LogP contribution in [0.15, 0.2) is 44.5 Å². The van der Waals surface area contributed by atoms with Gasteiger partial charge in [0.25, 0.3) is 10.0 Å². The zero-order valence-corrected chi connectivity index (χ0v) is 12.5. The van der Waals surface area contributed by atoms with Crippen molar-refractivity contribution in [3.05, 3.63) is 42.0 Å². The Bertz CT molecular complexity index is 644. The van der Waals surface area contributed by atoms with Crippen LogP contribution in [-0.2, 0) is 16.6 Å². The Morgan fingerprint density at radius 1 is 1.30 bits per heavy atom. The van der Waals surface area contributed by atoms with Crippen molar-refractivity contribution in [2.45, 2.75) is 24.6 Å². The molecule has 1 N–H and O–H groups in total. The normalized spacial score (nSPS) is 13.8. The number of sulfonamides is 1. The van der Waals surface area contributed by atoms with E-state index in [4.69, 9.17) is 8.83 Å². The minimum atomic E-state index is -3.52. The summed E-state index contributed by atoms with van der Waals surface area (Å²) in [6.07, 6.45) is 1.61. The third-order valence-electron chi connectivity index (χ3n) is 2.92. The highest BCUT2D eigenvalue weighted by Crippen LogP contribution is 2.18. The van der Waals surface area contributed by atoms with Gasteiger partial charge < -0.3 is 14.2 Å². The van der Waals surface area contributed by atoms with E-state index in [1.54, 1.807) is 12.3 Å². The van der Waals surface area contributed by atoms with E-state index in [0.29, 0.717) is 12.3 Å². The van der Waals surface area contributed by atoms with Gasteiger partial charge in [-0.05, 0) is 31.2 Å². The van der Waals surface area contributed by atoms with E-state index in [1.165, 1.54) is 20.2 Å². The van der Waals surface area contributed by atoms with Crippen molar-refractivity contribution in [2.24, 2.45) is 0 Å². The summed E-state index contributed by atoms with van der Waals surface area (Å²) >= 11 is 0. The first kappa shape index (κ1) is 14.8. The third-order valence-corrected chi connectivity index (χ3v) is 4.61. The largest absolute Gasteiger partial charge is 0.468 e. The van der Waals surface area contributed by atoms with Crippen molar-refractivity contribution >= 4 is 10.0 Å². The molecule has 0 unspecified atom stereocenters. The fourth-order valence-electron chi connectivity index (χ4n) is 1.66. The molecule has 20 heavy (non-hydrogen) atoms. The molecule has 0 spiro atoms. The van der Waals surface area contributed by atoms with Gasteiger partial charge in [-0.3, -0.25) is 0 Å². The van der Waals surface area contributed by atoms with Gasteiger partial charge in [0.15, 0.2) is 0 Å². The molecule has 0 radical (unpaired) electrons. The summed E-state index contributed by atoms with van der Waals surface area (Å²) in [6, 6.07) is 6.83. The molecule has 0 fully saturated rings. The zero-order valence-electron chi connectivity index (χ0n) is 11.7. The molecular weight excluding hydrogens is 280 g/mol. The Balaban J connectivity index is 2.00. The van der Waals surface area contributed by atoms with Crippen molar-refractivity contribution in [3.63, 3.8) is 0 Å². The van der Waals surface area contributed by atoms with Gasteiger partial charge in [0.1, 0.15) is 11.5 Å². The second-order valence-electron chi connectivity index (χ2n) is 4.63.